The molecule has 1 aromatic rings. The molecule has 150 valence electrons. The van der Waals surface area contributed by atoms with Crippen LogP contribution in [0.1, 0.15) is 55.5 Å². The van der Waals surface area contributed by atoms with Crippen molar-refractivity contribution < 1.29 is 23.1 Å². The summed E-state index contributed by atoms with van der Waals surface area (Å²) >= 11 is 0. The van der Waals surface area contributed by atoms with Crippen LogP contribution in [-0.4, -0.2) is 48.8 Å². The molecule has 7 nitrogen and oxygen atoms in total. The molecule has 8 heteroatoms. The van der Waals surface area contributed by atoms with E-state index in [4.69, 9.17) is 5.11 Å². The van der Waals surface area contributed by atoms with Gasteiger partial charge in [-0.05, 0) is 50.3 Å². The van der Waals surface area contributed by atoms with E-state index in [0.29, 0.717) is 49.9 Å². The van der Waals surface area contributed by atoms with Crippen molar-refractivity contribution in [2.75, 3.05) is 13.1 Å². The molecule has 2 N–H and O–H groups in total. The van der Waals surface area contributed by atoms with Crippen LogP contribution in [0.25, 0.3) is 0 Å². The smallest absolute Gasteiger partial charge is 0.306 e. The quantitative estimate of drug-likeness (QED) is 0.736. The normalized spacial score (nSPS) is 20.4. The van der Waals surface area contributed by atoms with Gasteiger partial charge in [0.25, 0.3) is 5.91 Å². The average molecular weight is 397 g/mol. The monoisotopic (exact) mass is 396 g/mol. The highest BCUT2D eigenvalue weighted by Gasteiger charge is 2.28. The number of amides is 1. The van der Waals surface area contributed by atoms with Gasteiger partial charge in [0.05, 0.1) is 10.8 Å². The van der Waals surface area contributed by atoms with Crippen molar-refractivity contribution in [2.24, 2.45) is 5.92 Å². The standard InChI is InChI=1S/C19H28N2O5S/c1-4-21(5-2)27(25,26)17-12-15(7-6-13(17)3)18(22)20-16-10-8-14(9-11-16)19(23)24/h6-7,12,14,16H,4-5,8-11H2,1-3H3,(H,20,22)(H,23,24). The molecule has 27 heavy (non-hydrogen) atoms. The number of sulfonamides is 1. The van der Waals surface area contributed by atoms with Crippen LogP contribution in [0, 0.1) is 12.8 Å². The van der Waals surface area contributed by atoms with E-state index in [2.05, 4.69) is 5.32 Å². The largest absolute Gasteiger partial charge is 0.481 e. The summed E-state index contributed by atoms with van der Waals surface area (Å²) in [6.45, 7) is 6.00. The Morgan fingerprint density at radius 2 is 1.74 bits per heavy atom. The molecule has 0 bridgehead atoms. The number of carboxylic acids is 1. The van der Waals surface area contributed by atoms with E-state index in [9.17, 15) is 18.0 Å². The predicted octanol–water partition coefficient (Wildman–Crippen LogP) is 2.40. The Labute approximate surface area is 160 Å². The zero-order valence-corrected chi connectivity index (χ0v) is 16.9. The van der Waals surface area contributed by atoms with Crippen LogP contribution in [0.3, 0.4) is 0 Å². The Hall–Kier alpha value is -1.93. The second-order valence-corrected chi connectivity index (χ2v) is 8.84. The van der Waals surface area contributed by atoms with E-state index in [1.165, 1.54) is 10.4 Å². The summed E-state index contributed by atoms with van der Waals surface area (Å²) in [5, 5.41) is 12.0. The van der Waals surface area contributed by atoms with Gasteiger partial charge in [0.1, 0.15) is 0 Å². The van der Waals surface area contributed by atoms with Gasteiger partial charge in [-0.3, -0.25) is 9.59 Å². The molecule has 0 spiro atoms. The first-order valence-electron chi connectivity index (χ1n) is 9.35. The first kappa shape index (κ1) is 21.4. The van der Waals surface area contributed by atoms with Gasteiger partial charge in [0, 0.05) is 24.7 Å². The van der Waals surface area contributed by atoms with Crippen LogP contribution in [0.4, 0.5) is 0 Å². The van der Waals surface area contributed by atoms with Gasteiger partial charge in [-0.15, -0.1) is 0 Å². The fourth-order valence-corrected chi connectivity index (χ4v) is 5.18. The van der Waals surface area contributed by atoms with Gasteiger partial charge < -0.3 is 10.4 Å². The number of aryl methyl sites for hydroxylation is 1. The van der Waals surface area contributed by atoms with Crippen LogP contribution in [0.15, 0.2) is 23.1 Å². The minimum atomic E-state index is -3.65. The maximum atomic E-state index is 12.8. The molecule has 0 atom stereocenters. The highest BCUT2D eigenvalue weighted by molar-refractivity contribution is 7.89. The number of aliphatic carboxylic acids is 1. The molecule has 1 aromatic carbocycles. The molecule has 1 saturated carbocycles. The molecule has 0 aliphatic heterocycles. The number of nitrogens with one attached hydrogen (secondary N) is 1. The van der Waals surface area contributed by atoms with Gasteiger partial charge in [-0.2, -0.15) is 4.31 Å². The lowest BCUT2D eigenvalue weighted by molar-refractivity contribution is -0.142. The summed E-state index contributed by atoms with van der Waals surface area (Å²) in [6.07, 6.45) is 2.30. The third-order valence-electron chi connectivity index (χ3n) is 5.19. The molecule has 2 rings (SSSR count). The number of carbonyl (C=O) groups excluding carboxylic acids is 1. The minimum absolute atomic E-state index is 0.0859. The molecular weight excluding hydrogens is 368 g/mol. The fraction of sp³-hybridized carbons (Fsp3) is 0.579. The number of carbonyl (C=O) groups is 2. The van der Waals surface area contributed by atoms with Crippen LogP contribution in [0.2, 0.25) is 0 Å². The molecule has 1 amide bonds. The summed E-state index contributed by atoms with van der Waals surface area (Å²) < 4.78 is 27.0. The van der Waals surface area contributed by atoms with Crippen molar-refractivity contribution in [3.63, 3.8) is 0 Å². The molecule has 0 radical (unpaired) electrons. The molecule has 0 unspecified atom stereocenters. The highest BCUT2D eigenvalue weighted by Crippen LogP contribution is 2.25. The van der Waals surface area contributed by atoms with E-state index in [0.717, 1.165) is 0 Å². The lowest BCUT2D eigenvalue weighted by atomic mass is 9.86. The van der Waals surface area contributed by atoms with Crippen molar-refractivity contribution in [3.8, 4) is 0 Å². The molecule has 1 aliphatic rings. The second-order valence-electron chi connectivity index (χ2n) is 6.93. The number of carboxylic acid groups (broad SMARTS) is 1. The zero-order chi connectivity index (χ0) is 20.2. The summed E-state index contributed by atoms with van der Waals surface area (Å²) in [4.78, 5) is 23.8. The molecule has 1 fully saturated rings. The predicted molar refractivity (Wildman–Crippen MR) is 102 cm³/mol. The van der Waals surface area contributed by atoms with E-state index < -0.39 is 16.0 Å². The Kier molecular flexibility index (Phi) is 7.00. The topological polar surface area (TPSA) is 104 Å². The highest BCUT2D eigenvalue weighted by atomic mass is 32.2. The Morgan fingerprint density at radius 3 is 2.26 bits per heavy atom. The Bertz CT molecular complexity index is 794. The number of nitrogens with zero attached hydrogens (tertiary/aromatic N) is 1. The Balaban J connectivity index is 2.16. The summed E-state index contributed by atoms with van der Waals surface area (Å²) in [5.41, 5.74) is 0.895. The number of benzene rings is 1. The van der Waals surface area contributed by atoms with E-state index >= 15 is 0 Å². The van der Waals surface area contributed by atoms with Gasteiger partial charge in [-0.1, -0.05) is 19.9 Å². The van der Waals surface area contributed by atoms with Gasteiger partial charge in [0.15, 0.2) is 0 Å². The molecule has 1 aliphatic carbocycles. The van der Waals surface area contributed by atoms with Crippen molar-refractivity contribution in [1.29, 1.82) is 0 Å². The number of hydrogen-bond donors (Lipinski definition) is 2. The van der Waals surface area contributed by atoms with Crippen LogP contribution in [0.5, 0.6) is 0 Å². The van der Waals surface area contributed by atoms with Crippen molar-refractivity contribution in [3.05, 3.63) is 29.3 Å². The van der Waals surface area contributed by atoms with E-state index in [1.54, 1.807) is 32.9 Å². The first-order chi connectivity index (χ1) is 12.7. The lowest BCUT2D eigenvalue weighted by Gasteiger charge is -2.27. The molecule has 0 heterocycles. The Morgan fingerprint density at radius 1 is 1.15 bits per heavy atom. The van der Waals surface area contributed by atoms with E-state index in [-0.39, 0.29) is 22.8 Å². The van der Waals surface area contributed by atoms with Crippen molar-refractivity contribution in [2.45, 2.75) is 57.4 Å². The fourth-order valence-electron chi connectivity index (χ4n) is 3.48. The van der Waals surface area contributed by atoms with Crippen LogP contribution >= 0.6 is 0 Å². The van der Waals surface area contributed by atoms with Crippen molar-refractivity contribution >= 4 is 21.9 Å². The van der Waals surface area contributed by atoms with Crippen molar-refractivity contribution in [1.82, 2.24) is 9.62 Å². The maximum Gasteiger partial charge on any atom is 0.306 e. The molecule has 0 saturated heterocycles. The molecule has 0 aromatic heterocycles. The second kappa shape index (κ2) is 8.84. The summed E-state index contributed by atoms with van der Waals surface area (Å²) in [6, 6.07) is 4.61. The maximum absolute atomic E-state index is 12.8. The van der Waals surface area contributed by atoms with Crippen LogP contribution < -0.4 is 5.32 Å². The average Bonchev–Trinajstić information content (AvgIpc) is 2.63. The summed E-state index contributed by atoms with van der Waals surface area (Å²) in [7, 11) is -3.65. The third-order valence-corrected chi connectivity index (χ3v) is 7.38. The van der Waals surface area contributed by atoms with Gasteiger partial charge >= 0.3 is 5.97 Å². The number of hydrogen-bond acceptors (Lipinski definition) is 4. The van der Waals surface area contributed by atoms with Crippen LogP contribution in [-0.2, 0) is 14.8 Å². The first-order valence-corrected chi connectivity index (χ1v) is 10.8. The van der Waals surface area contributed by atoms with Gasteiger partial charge in [0.2, 0.25) is 10.0 Å². The van der Waals surface area contributed by atoms with E-state index in [1.807, 2.05) is 0 Å². The van der Waals surface area contributed by atoms with Gasteiger partial charge in [-0.25, -0.2) is 8.42 Å². The SMILES string of the molecule is CCN(CC)S(=O)(=O)c1cc(C(=O)NC2CCC(C(=O)O)CC2)ccc1C. The zero-order valence-electron chi connectivity index (χ0n) is 16.1. The lowest BCUT2D eigenvalue weighted by Crippen LogP contribution is -2.39. The third kappa shape index (κ3) is 4.87. The minimum Gasteiger partial charge on any atom is -0.481 e. The molecular formula is C19H28N2O5S. The number of rotatable bonds is 7. The summed E-state index contributed by atoms with van der Waals surface area (Å²) in [5.74, 6) is -1.46.